The number of aromatic nitrogens is 1. The van der Waals surface area contributed by atoms with Crippen LogP contribution in [0, 0.1) is 0 Å². The Morgan fingerprint density at radius 1 is 1.50 bits per heavy atom. The number of carbonyl (C=O) groups excluding carboxylic acids is 1. The Kier molecular flexibility index (Phi) is 3.77. The molecule has 0 spiro atoms. The first kappa shape index (κ1) is 14.2. The molecule has 3 N–H and O–H groups in total. The fraction of sp³-hybridized carbons (Fsp3) is 0.333. The Morgan fingerprint density at radius 3 is 2.44 bits per heavy atom. The van der Waals surface area contributed by atoms with Crippen LogP contribution in [0.15, 0.2) is 17.2 Å². The highest BCUT2D eigenvalue weighted by atomic mass is 32.2. The zero-order chi connectivity index (χ0) is 14.1. The molecule has 1 heterocycles. The third-order valence-corrected chi connectivity index (χ3v) is 4.05. The lowest BCUT2D eigenvalue weighted by Gasteiger charge is -2.13. The van der Waals surface area contributed by atoms with E-state index in [9.17, 15) is 18.0 Å². The molecule has 0 radical (unpaired) electrons. The van der Waals surface area contributed by atoms with Crippen molar-refractivity contribution in [1.29, 1.82) is 0 Å². The van der Waals surface area contributed by atoms with Gasteiger partial charge in [0.05, 0.1) is 6.54 Å². The maximum absolute atomic E-state index is 12.0. The topological polar surface area (TPSA) is 123 Å². The van der Waals surface area contributed by atoms with Gasteiger partial charge in [-0.2, -0.15) is 4.31 Å². The number of amides is 1. The number of nitrogens with zero attached hydrogens (tertiary/aromatic N) is 2. The Labute approximate surface area is 104 Å². The SMILES string of the molecule is CN(CC(N)=O)S(=O)(=O)c1cc(C(=O)O)n(C)c1. The first-order valence-electron chi connectivity index (χ1n) is 4.80. The number of carboxylic acid groups (broad SMARTS) is 1. The van der Waals surface area contributed by atoms with E-state index < -0.39 is 28.4 Å². The summed E-state index contributed by atoms with van der Waals surface area (Å²) in [5.41, 5.74) is 4.74. The Bertz CT molecular complexity index is 589. The first-order chi connectivity index (χ1) is 8.16. The van der Waals surface area contributed by atoms with Gasteiger partial charge in [-0.15, -0.1) is 0 Å². The summed E-state index contributed by atoms with van der Waals surface area (Å²) in [5.74, 6) is -2.04. The van der Waals surface area contributed by atoms with Crippen LogP contribution in [0.3, 0.4) is 0 Å². The van der Waals surface area contributed by atoms with E-state index in [0.29, 0.717) is 0 Å². The monoisotopic (exact) mass is 275 g/mol. The molecule has 0 atom stereocenters. The summed E-state index contributed by atoms with van der Waals surface area (Å²) in [6.07, 6.45) is 1.16. The lowest BCUT2D eigenvalue weighted by Crippen LogP contribution is -2.35. The van der Waals surface area contributed by atoms with Gasteiger partial charge in [-0.1, -0.05) is 0 Å². The molecule has 0 aliphatic carbocycles. The lowest BCUT2D eigenvalue weighted by atomic mass is 10.4. The quantitative estimate of drug-likeness (QED) is 0.701. The normalized spacial score (nSPS) is 11.7. The Hall–Kier alpha value is -1.87. The van der Waals surface area contributed by atoms with E-state index in [1.807, 2.05) is 0 Å². The summed E-state index contributed by atoms with van der Waals surface area (Å²) >= 11 is 0. The number of nitrogens with two attached hydrogens (primary N) is 1. The number of likely N-dealkylation sites (N-methyl/N-ethyl adjacent to an activating group) is 1. The number of carbonyl (C=O) groups is 2. The van der Waals surface area contributed by atoms with Crippen LogP contribution < -0.4 is 5.73 Å². The van der Waals surface area contributed by atoms with Crippen molar-refractivity contribution in [2.75, 3.05) is 13.6 Å². The van der Waals surface area contributed by atoms with Crippen molar-refractivity contribution in [1.82, 2.24) is 8.87 Å². The van der Waals surface area contributed by atoms with Crippen molar-refractivity contribution in [2.45, 2.75) is 4.90 Å². The van der Waals surface area contributed by atoms with Gasteiger partial charge >= 0.3 is 5.97 Å². The fourth-order valence-electron chi connectivity index (χ4n) is 1.37. The van der Waals surface area contributed by atoms with E-state index in [4.69, 9.17) is 10.8 Å². The molecule has 1 rings (SSSR count). The van der Waals surface area contributed by atoms with Crippen LogP contribution in [0.4, 0.5) is 0 Å². The Morgan fingerprint density at radius 2 is 2.06 bits per heavy atom. The summed E-state index contributed by atoms with van der Waals surface area (Å²) in [5, 5.41) is 8.83. The van der Waals surface area contributed by atoms with Crippen molar-refractivity contribution in [3.8, 4) is 0 Å². The zero-order valence-corrected chi connectivity index (χ0v) is 10.6. The second-order valence-corrected chi connectivity index (χ2v) is 5.75. The number of aromatic carboxylic acids is 1. The molecule has 100 valence electrons. The minimum Gasteiger partial charge on any atom is -0.477 e. The van der Waals surface area contributed by atoms with E-state index in [2.05, 4.69) is 0 Å². The number of hydrogen-bond donors (Lipinski definition) is 2. The molecule has 0 bridgehead atoms. The number of sulfonamides is 1. The summed E-state index contributed by atoms with van der Waals surface area (Å²) in [4.78, 5) is 21.3. The van der Waals surface area contributed by atoms with Gasteiger partial charge in [0.1, 0.15) is 10.6 Å². The van der Waals surface area contributed by atoms with Gasteiger partial charge in [-0.05, 0) is 6.07 Å². The van der Waals surface area contributed by atoms with Gasteiger partial charge in [0.15, 0.2) is 0 Å². The predicted octanol–water partition coefficient (Wildman–Crippen LogP) is -1.17. The van der Waals surface area contributed by atoms with E-state index in [-0.39, 0.29) is 10.6 Å². The molecule has 1 aromatic heterocycles. The molecule has 0 aromatic carbocycles. The van der Waals surface area contributed by atoms with Crippen molar-refractivity contribution in [3.05, 3.63) is 18.0 Å². The van der Waals surface area contributed by atoms with Gasteiger partial charge < -0.3 is 15.4 Å². The van der Waals surface area contributed by atoms with Crippen LogP contribution in [-0.4, -0.2) is 47.9 Å². The van der Waals surface area contributed by atoms with E-state index >= 15 is 0 Å². The van der Waals surface area contributed by atoms with Crippen molar-refractivity contribution >= 4 is 21.9 Å². The average Bonchev–Trinajstić information content (AvgIpc) is 2.59. The van der Waals surface area contributed by atoms with E-state index in [0.717, 1.165) is 16.6 Å². The average molecular weight is 275 g/mol. The Balaban J connectivity index is 3.17. The predicted molar refractivity (Wildman–Crippen MR) is 61.4 cm³/mol. The van der Waals surface area contributed by atoms with E-state index in [1.165, 1.54) is 18.7 Å². The van der Waals surface area contributed by atoms with Gasteiger partial charge in [0, 0.05) is 20.3 Å². The summed E-state index contributed by atoms with van der Waals surface area (Å²) in [6, 6.07) is 1.02. The summed E-state index contributed by atoms with van der Waals surface area (Å²) in [7, 11) is -1.32. The van der Waals surface area contributed by atoms with Crippen LogP contribution in [0.2, 0.25) is 0 Å². The molecule has 8 nitrogen and oxygen atoms in total. The first-order valence-corrected chi connectivity index (χ1v) is 6.24. The number of primary amides is 1. The zero-order valence-electron chi connectivity index (χ0n) is 9.82. The molecule has 0 saturated carbocycles. The highest BCUT2D eigenvalue weighted by Crippen LogP contribution is 2.17. The summed E-state index contributed by atoms with van der Waals surface area (Å²) in [6.45, 7) is -0.473. The molecule has 0 aliphatic rings. The van der Waals surface area contributed by atoms with Gasteiger partial charge in [-0.3, -0.25) is 4.79 Å². The molecular weight excluding hydrogens is 262 g/mol. The van der Waals surface area contributed by atoms with E-state index in [1.54, 1.807) is 0 Å². The molecule has 0 aliphatic heterocycles. The maximum Gasteiger partial charge on any atom is 0.352 e. The summed E-state index contributed by atoms with van der Waals surface area (Å²) < 4.78 is 25.9. The lowest BCUT2D eigenvalue weighted by molar-refractivity contribution is -0.118. The molecule has 0 saturated heterocycles. The van der Waals surface area contributed by atoms with Gasteiger partial charge in [0.25, 0.3) is 0 Å². The minimum atomic E-state index is -3.92. The molecule has 0 unspecified atom stereocenters. The highest BCUT2D eigenvalue weighted by Gasteiger charge is 2.25. The molecule has 18 heavy (non-hydrogen) atoms. The second kappa shape index (κ2) is 4.78. The van der Waals surface area contributed by atoms with Crippen LogP contribution in [0.5, 0.6) is 0 Å². The van der Waals surface area contributed by atoms with Gasteiger partial charge in [-0.25, -0.2) is 13.2 Å². The number of rotatable bonds is 5. The van der Waals surface area contributed by atoms with Crippen LogP contribution in [-0.2, 0) is 21.9 Å². The van der Waals surface area contributed by atoms with Crippen molar-refractivity contribution in [3.63, 3.8) is 0 Å². The van der Waals surface area contributed by atoms with Crippen molar-refractivity contribution < 1.29 is 23.1 Å². The van der Waals surface area contributed by atoms with Crippen LogP contribution in [0.25, 0.3) is 0 Å². The van der Waals surface area contributed by atoms with Crippen molar-refractivity contribution in [2.24, 2.45) is 12.8 Å². The minimum absolute atomic E-state index is 0.166. The number of hydrogen-bond acceptors (Lipinski definition) is 4. The smallest absolute Gasteiger partial charge is 0.352 e. The fourth-order valence-corrected chi connectivity index (χ4v) is 2.58. The van der Waals surface area contributed by atoms with Crippen LogP contribution >= 0.6 is 0 Å². The third kappa shape index (κ3) is 2.68. The third-order valence-electron chi connectivity index (χ3n) is 2.29. The second-order valence-electron chi connectivity index (χ2n) is 3.70. The molecular formula is C9H13N3O5S. The van der Waals surface area contributed by atoms with Crippen LogP contribution in [0.1, 0.15) is 10.5 Å². The number of aryl methyl sites for hydroxylation is 1. The highest BCUT2D eigenvalue weighted by molar-refractivity contribution is 7.89. The standard InChI is InChI=1S/C9H13N3O5S/c1-11-4-6(3-7(11)9(14)15)18(16,17)12(2)5-8(10)13/h3-4H,5H2,1-2H3,(H2,10,13)(H,14,15). The van der Waals surface area contributed by atoms with Gasteiger partial charge in [0.2, 0.25) is 15.9 Å². The molecule has 0 fully saturated rings. The maximum atomic E-state index is 12.0. The molecule has 1 aromatic rings. The molecule has 1 amide bonds. The number of carboxylic acids is 1. The molecule has 9 heteroatoms. The largest absolute Gasteiger partial charge is 0.477 e.